The molecule has 150 valence electrons. The average Bonchev–Trinajstić information content (AvgIpc) is 3.29. The van der Waals surface area contributed by atoms with Gasteiger partial charge in [0.15, 0.2) is 0 Å². The SMILES string of the molecule is O=C(/C=C/c1cnccc1C1=CNNN1)Nc1ccc(CN2CCOCC2)cc1. The lowest BCUT2D eigenvalue weighted by atomic mass is 10.1. The van der Waals surface area contributed by atoms with Crippen LogP contribution in [0.15, 0.2) is 55.0 Å². The number of nitrogens with zero attached hydrogens (tertiary/aromatic N) is 2. The molecule has 1 amide bonds. The van der Waals surface area contributed by atoms with Crippen molar-refractivity contribution in [3.8, 4) is 0 Å². The van der Waals surface area contributed by atoms with Gasteiger partial charge in [0.1, 0.15) is 0 Å². The Hall–Kier alpha value is -3.20. The van der Waals surface area contributed by atoms with Gasteiger partial charge in [0, 0.05) is 61.1 Å². The molecule has 0 bridgehead atoms. The van der Waals surface area contributed by atoms with Crippen LogP contribution in [0, 0.1) is 0 Å². The fraction of sp³-hybridized carbons (Fsp3) is 0.238. The molecule has 2 aromatic rings. The van der Waals surface area contributed by atoms with Gasteiger partial charge in [0.2, 0.25) is 5.91 Å². The van der Waals surface area contributed by atoms with Crippen LogP contribution in [0.3, 0.4) is 0 Å². The van der Waals surface area contributed by atoms with Crippen LogP contribution in [0.2, 0.25) is 0 Å². The number of ether oxygens (including phenoxy) is 1. The van der Waals surface area contributed by atoms with Crippen LogP contribution in [-0.2, 0) is 16.1 Å². The molecule has 0 unspecified atom stereocenters. The van der Waals surface area contributed by atoms with Gasteiger partial charge in [-0.05, 0) is 29.8 Å². The van der Waals surface area contributed by atoms with Crippen LogP contribution >= 0.6 is 0 Å². The van der Waals surface area contributed by atoms with E-state index < -0.39 is 0 Å². The number of hydrogen-bond acceptors (Lipinski definition) is 7. The van der Waals surface area contributed by atoms with Crippen molar-refractivity contribution in [3.63, 3.8) is 0 Å². The Morgan fingerprint density at radius 1 is 1.21 bits per heavy atom. The number of nitrogens with one attached hydrogen (secondary N) is 4. The Kier molecular flexibility index (Phi) is 6.16. The summed E-state index contributed by atoms with van der Waals surface area (Å²) in [5, 5.41) is 2.90. The molecule has 0 saturated carbocycles. The molecular formula is C21H24N6O2. The number of aromatic nitrogens is 1. The summed E-state index contributed by atoms with van der Waals surface area (Å²) < 4.78 is 5.38. The van der Waals surface area contributed by atoms with Crippen molar-refractivity contribution in [2.75, 3.05) is 31.6 Å². The fourth-order valence-electron chi connectivity index (χ4n) is 3.24. The minimum atomic E-state index is -0.189. The summed E-state index contributed by atoms with van der Waals surface area (Å²) in [5.74, 6) is -0.189. The molecule has 1 aromatic heterocycles. The second-order valence-corrected chi connectivity index (χ2v) is 6.82. The third kappa shape index (κ3) is 5.20. The summed E-state index contributed by atoms with van der Waals surface area (Å²) in [4.78, 5) is 18.8. The van der Waals surface area contributed by atoms with Crippen molar-refractivity contribution in [1.29, 1.82) is 0 Å². The van der Waals surface area contributed by atoms with Crippen LogP contribution < -0.4 is 21.7 Å². The molecule has 1 aromatic carbocycles. The molecule has 0 spiro atoms. The Labute approximate surface area is 169 Å². The van der Waals surface area contributed by atoms with Crippen LogP contribution in [-0.4, -0.2) is 42.1 Å². The number of anilines is 1. The largest absolute Gasteiger partial charge is 0.379 e. The van der Waals surface area contributed by atoms with Crippen LogP contribution in [0.25, 0.3) is 11.8 Å². The Morgan fingerprint density at radius 3 is 2.79 bits per heavy atom. The first-order valence-electron chi connectivity index (χ1n) is 9.57. The predicted molar refractivity (Wildman–Crippen MR) is 112 cm³/mol. The van der Waals surface area contributed by atoms with E-state index in [0.717, 1.165) is 55.4 Å². The molecule has 2 aliphatic heterocycles. The maximum absolute atomic E-state index is 12.3. The van der Waals surface area contributed by atoms with Crippen molar-refractivity contribution in [2.45, 2.75) is 6.54 Å². The lowest BCUT2D eigenvalue weighted by Gasteiger charge is -2.26. The molecule has 1 saturated heterocycles. The third-order valence-corrected chi connectivity index (χ3v) is 4.77. The first-order chi connectivity index (χ1) is 14.3. The summed E-state index contributed by atoms with van der Waals surface area (Å²) in [6.45, 7) is 4.39. The highest BCUT2D eigenvalue weighted by molar-refractivity contribution is 6.02. The number of pyridine rings is 1. The van der Waals surface area contributed by atoms with Crippen molar-refractivity contribution >= 4 is 23.4 Å². The summed E-state index contributed by atoms with van der Waals surface area (Å²) >= 11 is 0. The van der Waals surface area contributed by atoms with Gasteiger partial charge in [-0.15, -0.1) is 0 Å². The molecule has 1 fully saturated rings. The van der Waals surface area contributed by atoms with Gasteiger partial charge in [-0.2, -0.15) is 5.53 Å². The minimum absolute atomic E-state index is 0.189. The lowest BCUT2D eigenvalue weighted by Crippen LogP contribution is -2.35. The van der Waals surface area contributed by atoms with Crippen molar-refractivity contribution in [1.82, 2.24) is 26.3 Å². The molecule has 0 aliphatic carbocycles. The maximum Gasteiger partial charge on any atom is 0.248 e. The number of benzene rings is 1. The standard InChI is InChI=1S/C21H24N6O2/c28-21(6-3-17-13-22-8-7-19(17)20-14-23-26-25-20)24-18-4-1-16(2-5-18)15-27-9-11-29-12-10-27/h1-8,13-14,23,25-26H,9-12,15H2,(H,24,28)/b6-3+. The summed E-state index contributed by atoms with van der Waals surface area (Å²) in [6.07, 6.45) is 8.52. The summed E-state index contributed by atoms with van der Waals surface area (Å²) in [7, 11) is 0. The van der Waals surface area contributed by atoms with Gasteiger partial charge in [-0.25, -0.2) is 0 Å². The summed E-state index contributed by atoms with van der Waals surface area (Å²) in [6, 6.07) is 9.85. The number of rotatable bonds is 6. The molecule has 0 radical (unpaired) electrons. The van der Waals surface area contributed by atoms with Crippen molar-refractivity contribution < 1.29 is 9.53 Å². The monoisotopic (exact) mass is 392 g/mol. The lowest BCUT2D eigenvalue weighted by molar-refractivity contribution is -0.111. The molecule has 3 heterocycles. The second kappa shape index (κ2) is 9.33. The number of hydrazine groups is 2. The number of morpholine rings is 1. The first kappa shape index (κ1) is 19.1. The van der Waals surface area contributed by atoms with Crippen LogP contribution in [0.5, 0.6) is 0 Å². The number of carbonyl (C=O) groups is 1. The smallest absolute Gasteiger partial charge is 0.248 e. The highest BCUT2D eigenvalue weighted by atomic mass is 16.5. The van der Waals surface area contributed by atoms with Gasteiger partial charge >= 0.3 is 0 Å². The second-order valence-electron chi connectivity index (χ2n) is 6.82. The third-order valence-electron chi connectivity index (χ3n) is 4.77. The predicted octanol–water partition coefficient (Wildman–Crippen LogP) is 1.48. The van der Waals surface area contributed by atoms with Crippen molar-refractivity contribution in [2.24, 2.45) is 0 Å². The molecule has 2 aliphatic rings. The van der Waals surface area contributed by atoms with E-state index in [-0.39, 0.29) is 5.91 Å². The molecular weight excluding hydrogens is 368 g/mol. The van der Waals surface area contributed by atoms with E-state index in [1.807, 2.05) is 36.5 Å². The first-order valence-corrected chi connectivity index (χ1v) is 9.57. The fourth-order valence-corrected chi connectivity index (χ4v) is 3.24. The zero-order chi connectivity index (χ0) is 19.9. The molecule has 4 N–H and O–H groups in total. The van der Waals surface area contributed by atoms with Gasteiger partial charge in [0.25, 0.3) is 0 Å². The normalized spacial score (nSPS) is 16.9. The highest BCUT2D eigenvalue weighted by Crippen LogP contribution is 2.18. The van der Waals surface area contributed by atoms with Gasteiger partial charge < -0.3 is 20.9 Å². The number of hydrogen-bond donors (Lipinski definition) is 4. The quantitative estimate of drug-likeness (QED) is 0.554. The molecule has 8 nitrogen and oxygen atoms in total. The van der Waals surface area contributed by atoms with Crippen LogP contribution in [0.1, 0.15) is 16.7 Å². The average molecular weight is 392 g/mol. The van der Waals surface area contributed by atoms with E-state index >= 15 is 0 Å². The van der Waals surface area contributed by atoms with Gasteiger partial charge in [0.05, 0.1) is 18.9 Å². The maximum atomic E-state index is 12.3. The highest BCUT2D eigenvalue weighted by Gasteiger charge is 2.11. The zero-order valence-electron chi connectivity index (χ0n) is 16.0. The number of carbonyl (C=O) groups excluding carboxylic acids is 1. The van der Waals surface area contributed by atoms with E-state index in [2.05, 4.69) is 31.6 Å². The number of amides is 1. The molecule has 4 rings (SSSR count). The topological polar surface area (TPSA) is 90.5 Å². The van der Waals surface area contributed by atoms with Crippen molar-refractivity contribution in [3.05, 3.63) is 71.7 Å². The van der Waals surface area contributed by atoms with E-state index in [9.17, 15) is 4.79 Å². The Morgan fingerprint density at radius 2 is 2.03 bits per heavy atom. The van der Waals surface area contributed by atoms with Gasteiger partial charge in [-0.1, -0.05) is 12.1 Å². The van der Waals surface area contributed by atoms with E-state index in [0.29, 0.717) is 0 Å². The summed E-state index contributed by atoms with van der Waals surface area (Å²) in [5.41, 5.74) is 13.3. The Balaban J connectivity index is 1.35. The Bertz CT molecular complexity index is 904. The molecule has 29 heavy (non-hydrogen) atoms. The van der Waals surface area contributed by atoms with E-state index in [4.69, 9.17) is 4.74 Å². The zero-order valence-corrected chi connectivity index (χ0v) is 16.0. The van der Waals surface area contributed by atoms with E-state index in [1.165, 1.54) is 11.6 Å². The molecule has 0 atom stereocenters. The van der Waals surface area contributed by atoms with E-state index in [1.54, 1.807) is 18.5 Å². The van der Waals surface area contributed by atoms with Gasteiger partial charge in [-0.3, -0.25) is 14.7 Å². The molecule has 8 heteroatoms. The minimum Gasteiger partial charge on any atom is -0.379 e. The van der Waals surface area contributed by atoms with Crippen LogP contribution in [0.4, 0.5) is 5.69 Å².